The average molecular weight is 391 g/mol. The second-order valence-corrected chi connectivity index (χ2v) is 7.12. The van der Waals surface area contributed by atoms with Crippen LogP contribution in [-0.4, -0.2) is 26.9 Å². The molecule has 1 aromatic heterocycles. The van der Waals surface area contributed by atoms with Gasteiger partial charge in [0.2, 0.25) is 5.91 Å². The zero-order valence-electron chi connectivity index (χ0n) is 15.7. The lowest BCUT2D eigenvalue weighted by Gasteiger charge is -2.24. The fourth-order valence-electron chi connectivity index (χ4n) is 3.74. The number of benzene rings is 1. The number of amides is 1. The number of aromatic nitrogens is 2. The third-order valence-electron chi connectivity index (χ3n) is 5.16. The van der Waals surface area contributed by atoms with E-state index in [1.54, 1.807) is 34.0 Å². The van der Waals surface area contributed by atoms with Crippen LogP contribution in [0.15, 0.2) is 49.3 Å². The van der Waals surface area contributed by atoms with Crippen LogP contribution in [0, 0.1) is 5.92 Å². The maximum atomic E-state index is 13.3. The zero-order valence-corrected chi connectivity index (χ0v) is 15.7. The van der Waals surface area contributed by atoms with Gasteiger partial charge in [0, 0.05) is 31.4 Å². The number of alkyl halides is 3. The molecule has 7 heteroatoms. The van der Waals surface area contributed by atoms with E-state index in [4.69, 9.17) is 0 Å². The molecule has 1 aromatic carbocycles. The Kier molecular flexibility index (Phi) is 6.21. The summed E-state index contributed by atoms with van der Waals surface area (Å²) in [5, 5.41) is 0. The lowest BCUT2D eigenvalue weighted by atomic mass is 10.1. The summed E-state index contributed by atoms with van der Waals surface area (Å²) in [7, 11) is 0. The van der Waals surface area contributed by atoms with Gasteiger partial charge in [-0.1, -0.05) is 37.1 Å². The SMILES string of the molecule is C=CCN(Cc1nccn1Cc1ccccc1C(F)(F)F)C(=O)C1CCCC1. The molecule has 0 bridgehead atoms. The van der Waals surface area contributed by atoms with Gasteiger partial charge in [-0.05, 0) is 24.5 Å². The molecule has 150 valence electrons. The Morgan fingerprint density at radius 1 is 1.29 bits per heavy atom. The lowest BCUT2D eigenvalue weighted by molar-refractivity contribution is -0.138. The van der Waals surface area contributed by atoms with E-state index < -0.39 is 11.7 Å². The summed E-state index contributed by atoms with van der Waals surface area (Å²) in [5.41, 5.74) is -0.480. The number of hydrogen-bond acceptors (Lipinski definition) is 2. The summed E-state index contributed by atoms with van der Waals surface area (Å²) in [6.07, 6.45) is 4.35. The Hall–Kier alpha value is -2.57. The molecule has 0 saturated heterocycles. The summed E-state index contributed by atoms with van der Waals surface area (Å²) in [6, 6.07) is 5.53. The van der Waals surface area contributed by atoms with Crippen LogP contribution in [-0.2, 0) is 24.1 Å². The first-order valence-corrected chi connectivity index (χ1v) is 9.45. The van der Waals surface area contributed by atoms with Gasteiger partial charge in [0.15, 0.2) is 0 Å². The molecule has 0 radical (unpaired) electrons. The number of halogens is 3. The third-order valence-corrected chi connectivity index (χ3v) is 5.16. The summed E-state index contributed by atoms with van der Waals surface area (Å²) >= 11 is 0. The Balaban J connectivity index is 1.79. The molecule has 0 unspecified atom stereocenters. The predicted molar refractivity (Wildman–Crippen MR) is 100 cm³/mol. The van der Waals surface area contributed by atoms with Gasteiger partial charge in [-0.3, -0.25) is 4.79 Å². The highest BCUT2D eigenvalue weighted by atomic mass is 19.4. The van der Waals surface area contributed by atoms with Gasteiger partial charge in [0.1, 0.15) is 5.82 Å². The van der Waals surface area contributed by atoms with Crippen molar-refractivity contribution < 1.29 is 18.0 Å². The molecule has 3 rings (SSSR count). The molecule has 0 atom stereocenters. The van der Waals surface area contributed by atoms with Gasteiger partial charge in [-0.15, -0.1) is 6.58 Å². The molecule has 2 aromatic rings. The van der Waals surface area contributed by atoms with Crippen molar-refractivity contribution in [3.8, 4) is 0 Å². The van der Waals surface area contributed by atoms with Crippen molar-refractivity contribution in [3.05, 3.63) is 66.3 Å². The summed E-state index contributed by atoms with van der Waals surface area (Å²) in [4.78, 5) is 18.8. The van der Waals surface area contributed by atoms with Gasteiger partial charge in [-0.25, -0.2) is 4.98 Å². The Bertz CT molecular complexity index is 822. The van der Waals surface area contributed by atoms with Crippen LogP contribution in [0.2, 0.25) is 0 Å². The minimum absolute atomic E-state index is 0.0225. The Morgan fingerprint density at radius 2 is 2.00 bits per heavy atom. The standard InChI is InChI=1S/C21H24F3N3O/c1-2-12-27(20(28)16-7-3-4-8-16)15-19-25-11-13-26(19)14-17-9-5-6-10-18(17)21(22,23)24/h2,5-6,9-11,13,16H,1,3-4,7-8,12,14-15H2. The molecular weight excluding hydrogens is 367 g/mol. The highest BCUT2D eigenvalue weighted by molar-refractivity contribution is 5.79. The minimum Gasteiger partial charge on any atom is -0.331 e. The van der Waals surface area contributed by atoms with Gasteiger partial charge < -0.3 is 9.47 Å². The van der Waals surface area contributed by atoms with E-state index in [1.807, 2.05) is 0 Å². The largest absolute Gasteiger partial charge is 0.416 e. The molecule has 1 aliphatic carbocycles. The maximum absolute atomic E-state index is 13.3. The first-order chi connectivity index (χ1) is 13.4. The van der Waals surface area contributed by atoms with Gasteiger partial charge in [0.25, 0.3) is 0 Å². The van der Waals surface area contributed by atoms with E-state index in [2.05, 4.69) is 11.6 Å². The molecule has 1 amide bonds. The molecule has 4 nitrogen and oxygen atoms in total. The number of rotatable bonds is 7. The van der Waals surface area contributed by atoms with Crippen LogP contribution in [0.4, 0.5) is 13.2 Å². The summed E-state index contributed by atoms with van der Waals surface area (Å²) in [5.74, 6) is 0.655. The molecule has 1 aliphatic rings. The second-order valence-electron chi connectivity index (χ2n) is 7.12. The molecular formula is C21H24F3N3O. The number of carbonyl (C=O) groups excluding carboxylic acids is 1. The summed E-state index contributed by atoms with van der Waals surface area (Å²) < 4.78 is 41.5. The predicted octanol–water partition coefficient (Wildman–Crippen LogP) is 4.66. The molecule has 0 N–H and O–H groups in total. The summed E-state index contributed by atoms with van der Waals surface area (Å²) in [6.45, 7) is 4.41. The number of nitrogens with zero attached hydrogens (tertiary/aromatic N) is 3. The Labute approximate surface area is 162 Å². The van der Waals surface area contributed by atoms with Crippen molar-refractivity contribution in [2.24, 2.45) is 5.92 Å². The highest BCUT2D eigenvalue weighted by Gasteiger charge is 2.33. The third kappa shape index (κ3) is 4.64. The van der Waals surface area contributed by atoms with E-state index in [-0.39, 0.29) is 30.5 Å². The quantitative estimate of drug-likeness (QED) is 0.644. The number of imidazole rings is 1. The van der Waals surface area contributed by atoms with Crippen molar-refractivity contribution in [1.82, 2.24) is 14.5 Å². The van der Waals surface area contributed by atoms with Crippen molar-refractivity contribution in [3.63, 3.8) is 0 Å². The zero-order chi connectivity index (χ0) is 20.1. The van der Waals surface area contributed by atoms with Crippen LogP contribution in [0.25, 0.3) is 0 Å². The van der Waals surface area contributed by atoms with Crippen LogP contribution in [0.1, 0.15) is 42.6 Å². The Morgan fingerprint density at radius 3 is 2.68 bits per heavy atom. The van der Waals surface area contributed by atoms with E-state index in [0.717, 1.165) is 31.7 Å². The first kappa shape index (κ1) is 20.2. The molecule has 0 aliphatic heterocycles. The van der Waals surface area contributed by atoms with E-state index in [9.17, 15) is 18.0 Å². The van der Waals surface area contributed by atoms with Crippen LogP contribution < -0.4 is 0 Å². The lowest BCUT2D eigenvalue weighted by Crippen LogP contribution is -2.36. The van der Waals surface area contributed by atoms with Crippen LogP contribution >= 0.6 is 0 Å². The minimum atomic E-state index is -4.41. The van der Waals surface area contributed by atoms with Crippen molar-refractivity contribution in [2.75, 3.05) is 6.54 Å². The normalized spacial score (nSPS) is 15.0. The first-order valence-electron chi connectivity index (χ1n) is 9.45. The average Bonchev–Trinajstić information content (AvgIpc) is 3.33. The van der Waals surface area contributed by atoms with Crippen molar-refractivity contribution in [2.45, 2.75) is 44.9 Å². The monoisotopic (exact) mass is 391 g/mol. The maximum Gasteiger partial charge on any atom is 0.416 e. The fraction of sp³-hybridized carbons (Fsp3) is 0.429. The van der Waals surface area contributed by atoms with Gasteiger partial charge in [0.05, 0.1) is 12.1 Å². The van der Waals surface area contributed by atoms with E-state index in [0.29, 0.717) is 12.4 Å². The van der Waals surface area contributed by atoms with Gasteiger partial charge in [-0.2, -0.15) is 13.2 Å². The van der Waals surface area contributed by atoms with E-state index >= 15 is 0 Å². The molecule has 1 fully saturated rings. The topological polar surface area (TPSA) is 38.1 Å². The van der Waals surface area contributed by atoms with Gasteiger partial charge >= 0.3 is 6.18 Å². The number of hydrogen-bond donors (Lipinski definition) is 0. The van der Waals surface area contributed by atoms with Crippen molar-refractivity contribution >= 4 is 5.91 Å². The van der Waals surface area contributed by atoms with E-state index in [1.165, 1.54) is 12.1 Å². The molecule has 0 spiro atoms. The number of carbonyl (C=O) groups is 1. The second kappa shape index (κ2) is 8.63. The molecule has 28 heavy (non-hydrogen) atoms. The van der Waals surface area contributed by atoms with Crippen molar-refractivity contribution in [1.29, 1.82) is 0 Å². The fourth-order valence-corrected chi connectivity index (χ4v) is 3.74. The highest BCUT2D eigenvalue weighted by Crippen LogP contribution is 2.32. The van der Waals surface area contributed by atoms with Crippen LogP contribution in [0.5, 0.6) is 0 Å². The van der Waals surface area contributed by atoms with Crippen LogP contribution in [0.3, 0.4) is 0 Å². The molecule has 1 heterocycles. The smallest absolute Gasteiger partial charge is 0.331 e. The molecule has 1 saturated carbocycles.